The molecule has 6 aromatic rings. The Balaban J connectivity index is 0.000000190. The number of ether oxygens (including phenoxy) is 3. The Hall–Kier alpha value is -9.69. The Morgan fingerprint density at radius 3 is 1.41 bits per heavy atom. The Labute approximate surface area is 394 Å². The van der Waals surface area contributed by atoms with Crippen molar-refractivity contribution in [1.82, 2.24) is 41.6 Å². The van der Waals surface area contributed by atoms with E-state index in [9.17, 15) is 29.8 Å². The van der Waals surface area contributed by atoms with Crippen molar-refractivity contribution in [2.45, 2.75) is 0 Å². The van der Waals surface area contributed by atoms with Gasteiger partial charge in [-0.15, -0.1) is 0 Å². The second-order valence-electron chi connectivity index (χ2n) is 13.1. The van der Waals surface area contributed by atoms with Gasteiger partial charge in [0.2, 0.25) is 0 Å². The summed E-state index contributed by atoms with van der Waals surface area (Å²) in [5.41, 5.74) is 14.1. The van der Waals surface area contributed by atoms with Crippen LogP contribution in [0.1, 0.15) is 22.8 Å². The molecule has 0 bridgehead atoms. The quantitative estimate of drug-likeness (QED) is 0.0184. The molecule has 27 heteroatoms. The number of rotatable bonds is 15. The third-order valence-electron chi connectivity index (χ3n) is 8.53. The van der Waals surface area contributed by atoms with E-state index in [0.29, 0.717) is 58.4 Å². The van der Waals surface area contributed by atoms with Crippen LogP contribution in [0.5, 0.6) is 11.5 Å². The third kappa shape index (κ3) is 14.9. The molecule has 26 nitrogen and oxygen atoms in total. The van der Waals surface area contributed by atoms with Crippen molar-refractivity contribution in [2.24, 2.45) is 20.4 Å². The van der Waals surface area contributed by atoms with Crippen LogP contribution in [0, 0.1) is 20.2 Å². The number of pyridine rings is 4. The van der Waals surface area contributed by atoms with E-state index in [1.54, 1.807) is 49.1 Å². The van der Waals surface area contributed by atoms with Gasteiger partial charge in [-0.1, -0.05) is 12.1 Å². The predicted octanol–water partition coefficient (Wildman–Crippen LogP) is 4.66. The molecule has 0 spiro atoms. The summed E-state index contributed by atoms with van der Waals surface area (Å²) in [6.45, 7) is 0.730. The van der Waals surface area contributed by atoms with Crippen LogP contribution in [0.15, 0.2) is 154 Å². The number of amidine groups is 4. The maximum absolute atomic E-state index is 11.8. The number of nitrogens with one attached hydrogen (secondary N) is 6. The summed E-state index contributed by atoms with van der Waals surface area (Å²) in [6, 6.07) is 28.3. The normalized spacial score (nSPS) is 12.1. The Morgan fingerprint density at radius 1 is 0.565 bits per heavy atom. The molecule has 0 radical (unpaired) electrons. The van der Waals surface area contributed by atoms with Crippen LogP contribution in [-0.4, -0.2) is 96.1 Å². The number of aliphatic hydroxyl groups excluding tert-OH is 1. The first kappa shape index (κ1) is 48.8. The first-order valence-electron chi connectivity index (χ1n) is 20.0. The van der Waals surface area contributed by atoms with E-state index >= 15 is 0 Å². The summed E-state index contributed by atoms with van der Waals surface area (Å²) in [6.07, 6.45) is 5.70. The molecule has 0 saturated carbocycles. The molecule has 6 heterocycles. The van der Waals surface area contributed by atoms with E-state index in [-0.39, 0.29) is 42.6 Å². The number of halogens is 1. The smallest absolute Gasteiger partial charge is 0.432 e. The monoisotopic (exact) mass is 960 g/mol. The van der Waals surface area contributed by atoms with Crippen molar-refractivity contribution in [3.05, 3.63) is 177 Å². The van der Waals surface area contributed by atoms with Crippen LogP contribution in [0.4, 0.5) is 32.3 Å². The van der Waals surface area contributed by atoms with Gasteiger partial charge in [0.05, 0.1) is 27.8 Å². The van der Waals surface area contributed by atoms with Crippen LogP contribution >= 0.6 is 11.6 Å². The van der Waals surface area contributed by atoms with E-state index < -0.39 is 21.4 Å². The SMILES string of the molecule is O=C(Cl)Oc1ccc([N+](=O)[O-])cc1.O=C(OCCNc1cccnc1C1=NNC(c2ccccn2)=NN1)Oc1ccc([N+](=O)[O-])cc1.OCCNc1cccnc1C1=NNC(c2ccccn2)=NN1. The number of non-ortho nitro benzene ring substituents is 2. The molecule has 0 amide bonds. The van der Waals surface area contributed by atoms with Gasteiger partial charge in [-0.05, 0) is 72.8 Å². The number of nitro benzene ring substituents is 2. The Bertz CT molecular complexity index is 2840. The lowest BCUT2D eigenvalue weighted by Crippen LogP contribution is -2.35. The number of benzene rings is 2. The molecule has 352 valence electrons. The number of aromatic nitrogens is 4. The number of carbonyl (C=O) groups is 2. The molecule has 0 fully saturated rings. The van der Waals surface area contributed by atoms with Crippen molar-refractivity contribution in [3.8, 4) is 11.5 Å². The topological polar surface area (TPSA) is 342 Å². The van der Waals surface area contributed by atoms with E-state index in [1.807, 2.05) is 36.4 Å². The Kier molecular flexibility index (Phi) is 17.8. The minimum atomic E-state index is -0.978. The Morgan fingerprint density at radius 2 is 1.00 bits per heavy atom. The summed E-state index contributed by atoms with van der Waals surface area (Å²) in [5, 5.41) is 53.0. The minimum absolute atomic E-state index is 0.000279. The van der Waals surface area contributed by atoms with Crippen molar-refractivity contribution in [1.29, 1.82) is 0 Å². The zero-order valence-corrected chi connectivity index (χ0v) is 36.3. The maximum atomic E-state index is 11.8. The number of hydrogen-bond donors (Lipinski definition) is 7. The fraction of sp³-hybridized carbons (Fsp3) is 0.0952. The molecule has 0 unspecified atom stereocenters. The van der Waals surface area contributed by atoms with Gasteiger partial charge in [0, 0.05) is 73.7 Å². The lowest BCUT2D eigenvalue weighted by atomic mass is 10.2. The number of anilines is 2. The van der Waals surface area contributed by atoms with Crippen LogP contribution in [0.2, 0.25) is 0 Å². The molecule has 0 atom stereocenters. The molecule has 2 aromatic carbocycles. The van der Waals surface area contributed by atoms with Crippen molar-refractivity contribution >= 4 is 69.3 Å². The number of carbonyl (C=O) groups excluding carboxylic acids is 2. The second kappa shape index (κ2) is 25.1. The number of hydrazone groups is 4. The first-order chi connectivity index (χ1) is 33.6. The molecule has 0 aliphatic carbocycles. The number of aliphatic hydroxyl groups is 1. The molecular formula is C42H37ClN16O10. The summed E-state index contributed by atoms with van der Waals surface area (Å²) in [7, 11) is 0. The van der Waals surface area contributed by atoms with E-state index in [2.05, 4.69) is 77.4 Å². The van der Waals surface area contributed by atoms with Crippen LogP contribution in [0.25, 0.3) is 0 Å². The van der Waals surface area contributed by atoms with Gasteiger partial charge >= 0.3 is 11.6 Å². The average Bonchev–Trinajstić information content (AvgIpc) is 3.38. The summed E-state index contributed by atoms with van der Waals surface area (Å²) >= 11 is 4.92. The predicted molar refractivity (Wildman–Crippen MR) is 250 cm³/mol. The van der Waals surface area contributed by atoms with E-state index in [4.69, 9.17) is 26.2 Å². The number of nitrogens with zero attached hydrogens (tertiary/aromatic N) is 10. The van der Waals surface area contributed by atoms with Gasteiger partial charge < -0.3 is 30.0 Å². The summed E-state index contributed by atoms with van der Waals surface area (Å²) in [5.74, 6) is 2.19. The highest BCUT2D eigenvalue weighted by Crippen LogP contribution is 2.20. The summed E-state index contributed by atoms with van der Waals surface area (Å²) in [4.78, 5) is 58.9. The molecule has 7 N–H and O–H groups in total. The fourth-order valence-electron chi connectivity index (χ4n) is 5.46. The van der Waals surface area contributed by atoms with Gasteiger partial charge in [0.1, 0.15) is 40.9 Å². The second-order valence-corrected chi connectivity index (χ2v) is 13.4. The molecule has 2 aliphatic rings. The highest BCUT2D eigenvalue weighted by atomic mass is 35.5. The lowest BCUT2D eigenvalue weighted by Gasteiger charge is -2.16. The molecular weight excluding hydrogens is 924 g/mol. The van der Waals surface area contributed by atoms with Gasteiger partial charge in [0.15, 0.2) is 23.3 Å². The van der Waals surface area contributed by atoms with Gasteiger partial charge in [-0.3, -0.25) is 61.9 Å². The number of nitro groups is 2. The van der Waals surface area contributed by atoms with Gasteiger partial charge in [-0.2, -0.15) is 20.4 Å². The summed E-state index contributed by atoms with van der Waals surface area (Å²) < 4.78 is 14.5. The third-order valence-corrected chi connectivity index (χ3v) is 8.61. The average molecular weight is 961 g/mol. The molecule has 0 saturated heterocycles. The van der Waals surface area contributed by atoms with Crippen LogP contribution < -0.4 is 41.8 Å². The standard InChI is InChI=1S/C21H18N8O5.C14H15N7O.C7H4ClNO4/c30-21(34-15-8-6-14(7-9-15)29(31)32)33-13-12-23-16-5-3-11-24-18(16)20-27-25-19(26-28-20)17-4-1-2-10-22-17;22-9-8-16-10-5-3-7-17-12(10)14-20-18-13(19-21-14)11-4-1-2-6-15-11;8-7(10)13-6-3-1-5(2-4-6)9(11)12/h1-11,23H,12-13H2,(H,25,26)(H,27,28);1-7,16,22H,8-9H2,(H,18,19)(H,20,21);1-4H. The highest BCUT2D eigenvalue weighted by molar-refractivity contribution is 6.61. The fourth-order valence-corrected chi connectivity index (χ4v) is 5.55. The van der Waals surface area contributed by atoms with Gasteiger partial charge in [0.25, 0.3) is 11.4 Å². The van der Waals surface area contributed by atoms with E-state index in [1.165, 1.54) is 48.5 Å². The first-order valence-corrected chi connectivity index (χ1v) is 20.3. The zero-order chi connectivity index (χ0) is 48.8. The lowest BCUT2D eigenvalue weighted by molar-refractivity contribution is -0.385. The largest absolute Gasteiger partial charge is 0.513 e. The van der Waals surface area contributed by atoms with Crippen molar-refractivity contribution in [3.63, 3.8) is 0 Å². The highest BCUT2D eigenvalue weighted by Gasteiger charge is 2.18. The molecule has 2 aliphatic heterocycles. The molecule has 8 rings (SSSR count). The van der Waals surface area contributed by atoms with Crippen molar-refractivity contribution in [2.75, 3.05) is 36.9 Å². The number of hydrogen-bond acceptors (Lipinski definition) is 24. The molecule has 69 heavy (non-hydrogen) atoms. The van der Waals surface area contributed by atoms with Crippen molar-refractivity contribution < 1.29 is 38.8 Å². The maximum Gasteiger partial charge on any atom is 0.513 e. The van der Waals surface area contributed by atoms with Gasteiger partial charge in [-0.25, -0.2) is 9.59 Å². The molecule has 4 aromatic heterocycles. The zero-order valence-electron chi connectivity index (χ0n) is 35.5. The van der Waals surface area contributed by atoms with Crippen LogP contribution in [0.3, 0.4) is 0 Å². The van der Waals surface area contributed by atoms with Crippen LogP contribution in [-0.2, 0) is 4.74 Å². The van der Waals surface area contributed by atoms with E-state index in [0.717, 1.165) is 5.69 Å². The minimum Gasteiger partial charge on any atom is -0.432 e.